The Kier molecular flexibility index (Phi) is 5.81. The number of Topliss-reactive ketones (excluding diaryl/α,β-unsaturated/α-hetero) is 2. The number of hydrogen-bond acceptors (Lipinski definition) is 7. The second-order valence-electron chi connectivity index (χ2n) is 10.5. The van der Waals surface area contributed by atoms with Crippen LogP contribution in [0, 0.1) is 15.5 Å². The van der Waals surface area contributed by atoms with Crippen LogP contribution in [0.3, 0.4) is 0 Å². The predicted octanol–water partition coefficient (Wildman–Crippen LogP) is 5.81. The highest BCUT2D eigenvalue weighted by atomic mass is 35.5. The van der Waals surface area contributed by atoms with Crippen LogP contribution in [0.5, 0.6) is 0 Å². The van der Waals surface area contributed by atoms with Gasteiger partial charge in [-0.05, 0) is 41.0 Å². The van der Waals surface area contributed by atoms with Crippen molar-refractivity contribution in [2.45, 2.75) is 18.0 Å². The summed E-state index contributed by atoms with van der Waals surface area (Å²) in [5, 5.41) is 21.4. The lowest BCUT2D eigenvalue weighted by Gasteiger charge is -2.36. The van der Waals surface area contributed by atoms with Gasteiger partial charge in [0.1, 0.15) is 11.5 Å². The molecule has 4 aromatic carbocycles. The van der Waals surface area contributed by atoms with E-state index in [0.717, 1.165) is 0 Å². The zero-order valence-electron chi connectivity index (χ0n) is 21.8. The minimum atomic E-state index is -1.82. The Morgan fingerprint density at radius 1 is 0.905 bits per heavy atom. The van der Waals surface area contributed by atoms with Crippen LogP contribution in [0.15, 0.2) is 102 Å². The summed E-state index contributed by atoms with van der Waals surface area (Å²) in [7, 11) is 0. The van der Waals surface area contributed by atoms with E-state index in [1.54, 1.807) is 60.8 Å². The molecule has 1 fully saturated rings. The molecule has 1 N–H and O–H groups in total. The van der Waals surface area contributed by atoms with Crippen molar-refractivity contribution in [3.63, 3.8) is 0 Å². The third-order valence-corrected chi connectivity index (χ3v) is 8.65. The number of nitrogens with zero attached hydrogens (tertiary/aromatic N) is 3. The number of fused-ring (bicyclic) bond motifs is 5. The Bertz CT molecular complexity index is 1820. The van der Waals surface area contributed by atoms with Gasteiger partial charge < -0.3 is 5.32 Å². The second-order valence-corrected chi connectivity index (χ2v) is 10.9. The molecule has 10 heteroatoms. The fraction of sp³-hybridized carbons (Fsp3) is 0.125. The first-order valence-corrected chi connectivity index (χ1v) is 13.6. The van der Waals surface area contributed by atoms with Crippen LogP contribution in [0.1, 0.15) is 49.4 Å². The molecule has 1 unspecified atom stereocenters. The van der Waals surface area contributed by atoms with Gasteiger partial charge in [0.2, 0.25) is 5.91 Å². The van der Waals surface area contributed by atoms with Gasteiger partial charge in [0.05, 0.1) is 17.2 Å². The van der Waals surface area contributed by atoms with E-state index in [1.807, 2.05) is 24.3 Å². The van der Waals surface area contributed by atoms with Crippen molar-refractivity contribution in [1.82, 2.24) is 5.01 Å². The van der Waals surface area contributed by atoms with Crippen molar-refractivity contribution in [2.24, 2.45) is 10.5 Å². The van der Waals surface area contributed by atoms with E-state index in [9.17, 15) is 24.5 Å². The van der Waals surface area contributed by atoms with Crippen molar-refractivity contribution < 1.29 is 19.3 Å². The summed E-state index contributed by atoms with van der Waals surface area (Å²) in [4.78, 5) is 54.9. The number of carbonyl (C=O) groups is 3. The van der Waals surface area contributed by atoms with Crippen LogP contribution in [-0.4, -0.2) is 39.7 Å². The molecule has 0 bridgehead atoms. The number of nitrogens with one attached hydrogen (secondary N) is 1. The molecule has 0 aromatic heterocycles. The SMILES string of the molecule is O=C(Nc1ccc(Cl)cc1)[C@H]1[C@H](c2cccc([N+](=O)[O-])c2)C2(C(=O)c3ccccc3C2=O)C2c3ccccc3C=NN21. The van der Waals surface area contributed by atoms with Crippen molar-refractivity contribution >= 4 is 46.7 Å². The van der Waals surface area contributed by atoms with E-state index in [2.05, 4.69) is 10.4 Å². The fourth-order valence-corrected chi connectivity index (χ4v) is 6.86. The molecule has 1 spiro atoms. The maximum absolute atomic E-state index is 14.7. The van der Waals surface area contributed by atoms with Gasteiger partial charge >= 0.3 is 0 Å². The largest absolute Gasteiger partial charge is 0.324 e. The maximum atomic E-state index is 14.7. The molecule has 42 heavy (non-hydrogen) atoms. The predicted molar refractivity (Wildman–Crippen MR) is 156 cm³/mol. The number of non-ortho nitro benzene ring substituents is 1. The number of hydrazone groups is 1. The molecule has 1 saturated heterocycles. The van der Waals surface area contributed by atoms with Gasteiger partial charge in [0.15, 0.2) is 11.6 Å². The molecule has 9 nitrogen and oxygen atoms in total. The van der Waals surface area contributed by atoms with Crippen molar-refractivity contribution in [1.29, 1.82) is 0 Å². The number of benzene rings is 4. The van der Waals surface area contributed by atoms with Gasteiger partial charge in [-0.25, -0.2) is 0 Å². The summed E-state index contributed by atoms with van der Waals surface area (Å²) in [6.07, 6.45) is 1.61. The molecule has 1 amide bonds. The van der Waals surface area contributed by atoms with E-state index in [0.29, 0.717) is 27.4 Å². The number of rotatable bonds is 4. The van der Waals surface area contributed by atoms with Crippen LogP contribution in [0.4, 0.5) is 11.4 Å². The van der Waals surface area contributed by atoms with Gasteiger partial charge in [0, 0.05) is 39.9 Å². The van der Waals surface area contributed by atoms with Gasteiger partial charge in [-0.2, -0.15) is 5.10 Å². The zero-order valence-corrected chi connectivity index (χ0v) is 22.6. The zero-order chi connectivity index (χ0) is 29.2. The smallest absolute Gasteiger partial charge is 0.269 e. The van der Waals surface area contributed by atoms with Crippen LogP contribution in [0.25, 0.3) is 0 Å². The summed E-state index contributed by atoms with van der Waals surface area (Å²) < 4.78 is 0. The molecule has 3 aliphatic rings. The van der Waals surface area contributed by atoms with Gasteiger partial charge in [-0.3, -0.25) is 29.5 Å². The monoisotopic (exact) mass is 576 g/mol. The summed E-state index contributed by atoms with van der Waals surface area (Å²) in [5.74, 6) is -2.53. The number of carbonyl (C=O) groups excluding carboxylic acids is 3. The number of nitro groups is 1. The molecular formula is C32H21ClN4O5. The third-order valence-electron chi connectivity index (χ3n) is 8.40. The summed E-state index contributed by atoms with van der Waals surface area (Å²) in [5.41, 5.74) is 0.612. The molecule has 1 aliphatic carbocycles. The Morgan fingerprint density at radius 2 is 1.57 bits per heavy atom. The molecule has 0 saturated carbocycles. The lowest BCUT2D eigenvalue weighted by Crippen LogP contribution is -2.44. The molecule has 7 rings (SSSR count). The van der Waals surface area contributed by atoms with Crippen LogP contribution in [-0.2, 0) is 4.79 Å². The number of amides is 1. The molecule has 2 aliphatic heterocycles. The lowest BCUT2D eigenvalue weighted by atomic mass is 9.63. The van der Waals surface area contributed by atoms with Crippen LogP contribution < -0.4 is 5.32 Å². The third kappa shape index (κ3) is 3.56. The van der Waals surface area contributed by atoms with E-state index >= 15 is 0 Å². The number of ketones is 2. The highest BCUT2D eigenvalue weighted by Gasteiger charge is 2.73. The highest BCUT2D eigenvalue weighted by molar-refractivity contribution is 6.32. The average molecular weight is 577 g/mol. The van der Waals surface area contributed by atoms with Crippen molar-refractivity contribution in [2.75, 3.05) is 5.32 Å². The average Bonchev–Trinajstić information content (AvgIpc) is 3.44. The molecular weight excluding hydrogens is 556 g/mol. The summed E-state index contributed by atoms with van der Waals surface area (Å²) in [6.45, 7) is 0. The molecule has 0 radical (unpaired) electrons. The highest BCUT2D eigenvalue weighted by Crippen LogP contribution is 2.64. The molecule has 2 heterocycles. The lowest BCUT2D eigenvalue weighted by molar-refractivity contribution is -0.384. The fourth-order valence-electron chi connectivity index (χ4n) is 6.73. The second kappa shape index (κ2) is 9.46. The Hall–Kier alpha value is -5.15. The van der Waals surface area contributed by atoms with E-state index in [-0.39, 0.29) is 16.8 Å². The molecule has 4 aromatic rings. The topological polar surface area (TPSA) is 122 Å². The number of nitro benzene ring substituents is 1. The van der Waals surface area contributed by atoms with E-state index < -0.39 is 45.8 Å². The quantitative estimate of drug-likeness (QED) is 0.186. The maximum Gasteiger partial charge on any atom is 0.269 e. The number of hydrogen-bond donors (Lipinski definition) is 1. The first kappa shape index (κ1) is 25.8. The molecule has 3 atom stereocenters. The van der Waals surface area contributed by atoms with Gasteiger partial charge in [-0.15, -0.1) is 0 Å². The number of halogens is 1. The first-order chi connectivity index (χ1) is 20.3. The Labute approximate surface area is 244 Å². The number of anilines is 1. The molecule has 206 valence electrons. The van der Waals surface area contributed by atoms with Gasteiger partial charge in [0.25, 0.3) is 5.69 Å². The van der Waals surface area contributed by atoms with Crippen molar-refractivity contribution in [3.05, 3.63) is 140 Å². The van der Waals surface area contributed by atoms with Crippen molar-refractivity contribution in [3.8, 4) is 0 Å². The van der Waals surface area contributed by atoms with Crippen LogP contribution in [0.2, 0.25) is 5.02 Å². The minimum absolute atomic E-state index is 0.219. The summed E-state index contributed by atoms with van der Waals surface area (Å²) in [6, 6.07) is 24.1. The first-order valence-electron chi connectivity index (χ1n) is 13.2. The van der Waals surface area contributed by atoms with E-state index in [1.165, 1.54) is 23.2 Å². The Balaban J connectivity index is 1.50. The van der Waals surface area contributed by atoms with Gasteiger partial charge in [-0.1, -0.05) is 72.3 Å². The normalized spacial score (nSPS) is 21.2. The van der Waals surface area contributed by atoms with E-state index in [4.69, 9.17) is 11.6 Å². The minimum Gasteiger partial charge on any atom is -0.324 e. The van der Waals surface area contributed by atoms with Crippen LogP contribution >= 0.6 is 11.6 Å². The Morgan fingerprint density at radius 3 is 2.26 bits per heavy atom. The standard InChI is InChI=1S/C32H21ClN4O5/c33-20-12-14-21(15-13-20)35-31(40)27-26(18-7-5-8-22(16-18)37(41)42)32(29(38)24-10-3-4-11-25(24)30(32)39)28-23-9-2-1-6-19(23)17-34-36(27)28/h1-17,26-28H,(H,35,40)/t26-,27+,28?/m0/s1. The summed E-state index contributed by atoms with van der Waals surface area (Å²) >= 11 is 6.05.